The zero-order valence-electron chi connectivity index (χ0n) is 38.6. The third-order valence-corrected chi connectivity index (χ3v) is 12.3. The first kappa shape index (κ1) is 41.6. The Hall–Kier alpha value is -6.72. The second-order valence-electron chi connectivity index (χ2n) is 20.2. The molecule has 6 aromatic carbocycles. The van der Waals surface area contributed by atoms with Crippen molar-refractivity contribution in [2.75, 3.05) is 0 Å². The van der Waals surface area contributed by atoms with Crippen LogP contribution in [-0.4, -0.2) is 14.1 Å². The van der Waals surface area contributed by atoms with E-state index in [1.807, 2.05) is 6.20 Å². The fourth-order valence-corrected chi connectivity index (χ4v) is 8.80. The average Bonchev–Trinajstić information content (AvgIpc) is 3.84. The molecule has 3 aromatic heterocycles. The number of aryl methyl sites for hydroxylation is 2. The van der Waals surface area contributed by atoms with Crippen LogP contribution in [0.1, 0.15) is 90.3 Å². The third kappa shape index (κ3) is 8.09. The molecule has 0 aliphatic rings. The van der Waals surface area contributed by atoms with Crippen molar-refractivity contribution in [3.05, 3.63) is 186 Å². The maximum Gasteiger partial charge on any atom is 0.269 e. The first-order valence-electron chi connectivity index (χ1n) is 22.1. The van der Waals surface area contributed by atoms with Crippen molar-refractivity contribution in [3.8, 4) is 50.9 Å². The lowest BCUT2D eigenvalue weighted by Gasteiger charge is -2.24. The van der Waals surface area contributed by atoms with Gasteiger partial charge in [-0.25, -0.2) is 4.98 Å². The molecule has 3 heterocycles. The molecule has 5 heteroatoms. The van der Waals surface area contributed by atoms with Gasteiger partial charge in [-0.1, -0.05) is 135 Å². The van der Waals surface area contributed by atoms with Gasteiger partial charge < -0.3 is 4.74 Å². The Morgan fingerprint density at radius 2 is 1.24 bits per heavy atom. The van der Waals surface area contributed by atoms with Crippen LogP contribution >= 0.6 is 0 Å². The highest BCUT2D eigenvalue weighted by Crippen LogP contribution is 2.39. The number of aromatic nitrogens is 4. The summed E-state index contributed by atoms with van der Waals surface area (Å²) in [6, 6.07) is 50.0. The lowest BCUT2D eigenvalue weighted by Crippen LogP contribution is -2.39. The van der Waals surface area contributed by atoms with E-state index in [4.69, 9.17) is 9.72 Å². The Balaban J connectivity index is 1.21. The molecule has 0 radical (unpaired) electrons. The lowest BCUT2D eigenvalue weighted by molar-refractivity contribution is -0.611. The summed E-state index contributed by atoms with van der Waals surface area (Å²) in [5.74, 6) is 2.38. The van der Waals surface area contributed by atoms with Crippen LogP contribution in [0.3, 0.4) is 0 Å². The standard InChI is InChI=1S/C58H58N4O/c1-38-18-17-19-39(2)55(38)42-30-45(60-36-53(58(9,10)11)61(37-60)46-29-41(40-20-13-12-14-21-40)28-44(32-46)57(6,7)8)34-48(31-42)63-47-24-25-50-49-22-15-16-23-51(49)62(52(50)35-47)54-33-43(26-27-59-54)56(3,4)5/h12-36H,1-11H3. The molecule has 0 N–H and O–H groups in total. The van der Waals surface area contributed by atoms with Gasteiger partial charge in [-0.15, -0.1) is 0 Å². The molecule has 63 heavy (non-hydrogen) atoms. The van der Waals surface area contributed by atoms with E-state index in [-0.39, 0.29) is 16.2 Å². The molecule has 0 saturated carbocycles. The summed E-state index contributed by atoms with van der Waals surface area (Å²) in [6.45, 7) is 24.8. The second kappa shape index (κ2) is 15.6. The predicted octanol–water partition coefficient (Wildman–Crippen LogP) is 14.7. The van der Waals surface area contributed by atoms with E-state index >= 15 is 0 Å². The molecule has 0 saturated heterocycles. The summed E-state index contributed by atoms with van der Waals surface area (Å²) >= 11 is 0. The fourth-order valence-electron chi connectivity index (χ4n) is 8.80. The molecule has 0 bridgehead atoms. The fraction of sp³-hybridized carbons (Fsp3) is 0.241. The lowest BCUT2D eigenvalue weighted by atomic mass is 9.84. The van der Waals surface area contributed by atoms with E-state index in [0.29, 0.717) is 0 Å². The van der Waals surface area contributed by atoms with Crippen LogP contribution in [0.25, 0.3) is 61.3 Å². The van der Waals surface area contributed by atoms with E-state index in [1.165, 1.54) is 44.3 Å². The van der Waals surface area contributed by atoms with Gasteiger partial charge in [-0.05, 0) is 135 Å². The largest absolute Gasteiger partial charge is 0.458 e. The molecule has 0 atom stereocenters. The van der Waals surface area contributed by atoms with Gasteiger partial charge in [0, 0.05) is 29.2 Å². The predicted molar refractivity (Wildman–Crippen MR) is 261 cm³/mol. The summed E-state index contributed by atoms with van der Waals surface area (Å²) in [7, 11) is 0. The van der Waals surface area contributed by atoms with Gasteiger partial charge in [0.2, 0.25) is 0 Å². The van der Waals surface area contributed by atoms with Gasteiger partial charge in [0.15, 0.2) is 0 Å². The maximum atomic E-state index is 6.99. The van der Waals surface area contributed by atoms with E-state index in [9.17, 15) is 0 Å². The highest BCUT2D eigenvalue weighted by atomic mass is 16.5. The molecule has 9 aromatic rings. The van der Waals surface area contributed by atoms with Crippen LogP contribution in [0.4, 0.5) is 0 Å². The minimum atomic E-state index is -0.189. The van der Waals surface area contributed by atoms with Crippen molar-refractivity contribution >= 4 is 21.8 Å². The number of pyridine rings is 1. The van der Waals surface area contributed by atoms with E-state index in [1.54, 1.807) is 0 Å². The van der Waals surface area contributed by atoms with Crippen molar-refractivity contribution in [1.82, 2.24) is 14.1 Å². The maximum absolute atomic E-state index is 6.99. The molecule has 316 valence electrons. The van der Waals surface area contributed by atoms with Crippen molar-refractivity contribution in [3.63, 3.8) is 0 Å². The summed E-state index contributed by atoms with van der Waals surface area (Å²) in [4.78, 5) is 4.91. The van der Waals surface area contributed by atoms with Crippen molar-refractivity contribution in [2.24, 2.45) is 0 Å². The van der Waals surface area contributed by atoms with Crippen LogP contribution in [0.2, 0.25) is 0 Å². The van der Waals surface area contributed by atoms with Gasteiger partial charge in [0.25, 0.3) is 6.33 Å². The van der Waals surface area contributed by atoms with E-state index in [0.717, 1.165) is 56.4 Å². The Bertz CT molecular complexity index is 3140. The molecule has 5 nitrogen and oxygen atoms in total. The molecule has 0 unspecified atom stereocenters. The molecule has 0 aliphatic heterocycles. The number of para-hydroxylation sites is 1. The van der Waals surface area contributed by atoms with Gasteiger partial charge in [0.05, 0.1) is 28.1 Å². The summed E-state index contributed by atoms with van der Waals surface area (Å²) in [6.07, 6.45) is 7.99. The summed E-state index contributed by atoms with van der Waals surface area (Å²) < 4.78 is 13.7. The average molecular weight is 827 g/mol. The highest BCUT2D eigenvalue weighted by Gasteiger charge is 2.25. The number of ether oxygens (including phenoxy) is 1. The number of hydrogen-bond acceptors (Lipinski definition) is 2. The summed E-state index contributed by atoms with van der Waals surface area (Å²) in [5, 5.41) is 2.33. The SMILES string of the molecule is Cc1cccc(C)c1-c1cc(Oc2ccc3c4ccccc4n(-c4cc(C(C)(C)C)ccn4)c3c2)cc(-n2[c-][n+](-c3cc(-c4ccccc4)cc(C(C)(C)C)c3)c(C(C)(C)C)c2)c1. The first-order valence-corrected chi connectivity index (χ1v) is 22.1. The highest BCUT2D eigenvalue weighted by molar-refractivity contribution is 6.09. The number of fused-ring (bicyclic) bond motifs is 3. The van der Waals surface area contributed by atoms with Crippen molar-refractivity contribution in [1.29, 1.82) is 0 Å². The number of benzene rings is 6. The number of nitrogens with zero attached hydrogens (tertiary/aromatic N) is 4. The van der Waals surface area contributed by atoms with Crippen molar-refractivity contribution < 1.29 is 9.30 Å². The number of hydrogen-bond donors (Lipinski definition) is 0. The van der Waals surface area contributed by atoms with Gasteiger partial charge >= 0.3 is 0 Å². The zero-order valence-corrected chi connectivity index (χ0v) is 38.6. The molecule has 0 spiro atoms. The minimum absolute atomic E-state index is 0.0193. The van der Waals surface area contributed by atoms with E-state index < -0.39 is 0 Å². The number of imidazole rings is 1. The van der Waals surface area contributed by atoms with Crippen LogP contribution in [0.15, 0.2) is 152 Å². The van der Waals surface area contributed by atoms with Crippen molar-refractivity contribution in [2.45, 2.75) is 92.4 Å². The van der Waals surface area contributed by atoms with Crippen LogP contribution in [0, 0.1) is 20.2 Å². The molecular weight excluding hydrogens is 769 g/mol. The van der Waals surface area contributed by atoms with Gasteiger partial charge in [0.1, 0.15) is 17.3 Å². The molecule has 0 aliphatic carbocycles. The Morgan fingerprint density at radius 1 is 0.540 bits per heavy atom. The Labute approximate surface area is 373 Å². The monoisotopic (exact) mass is 826 g/mol. The van der Waals surface area contributed by atoms with Gasteiger partial charge in [-0.3, -0.25) is 13.7 Å². The second-order valence-corrected chi connectivity index (χ2v) is 20.2. The number of rotatable bonds is 7. The minimum Gasteiger partial charge on any atom is -0.458 e. The summed E-state index contributed by atoms with van der Waals surface area (Å²) in [5.41, 5.74) is 14.7. The van der Waals surface area contributed by atoms with Crippen LogP contribution in [-0.2, 0) is 16.2 Å². The molecule has 9 rings (SSSR count). The zero-order chi connectivity index (χ0) is 44.4. The third-order valence-electron chi connectivity index (χ3n) is 12.3. The molecule has 0 amide bonds. The first-order chi connectivity index (χ1) is 29.9. The quantitative estimate of drug-likeness (QED) is 0.119. The molecular formula is C58H58N4O. The smallest absolute Gasteiger partial charge is 0.269 e. The van der Waals surface area contributed by atoms with E-state index in [2.05, 4.69) is 242 Å². The molecule has 0 fully saturated rings. The Kier molecular flexibility index (Phi) is 10.3. The Morgan fingerprint density at radius 3 is 1.95 bits per heavy atom. The normalized spacial score (nSPS) is 12.4. The van der Waals surface area contributed by atoms with Crippen LogP contribution < -0.4 is 9.30 Å². The van der Waals surface area contributed by atoms with Gasteiger partial charge in [-0.2, -0.15) is 0 Å². The topological polar surface area (TPSA) is 35.9 Å². The van der Waals surface area contributed by atoms with Crippen LogP contribution in [0.5, 0.6) is 11.5 Å².